The van der Waals surface area contributed by atoms with Gasteiger partial charge < -0.3 is 39.1 Å². The maximum absolute atomic E-state index is 6.15. The van der Waals surface area contributed by atoms with Crippen LogP contribution in [-0.4, -0.2) is 111 Å². The summed E-state index contributed by atoms with van der Waals surface area (Å²) >= 11 is -1.81. The molecule has 304 valence electrons. The van der Waals surface area contributed by atoms with E-state index in [2.05, 4.69) is 115 Å². The van der Waals surface area contributed by atoms with E-state index in [4.69, 9.17) is 24.1 Å². The third-order valence-electron chi connectivity index (χ3n) is 11.5. The molecule has 54 heavy (non-hydrogen) atoms. The van der Waals surface area contributed by atoms with E-state index in [-0.39, 0.29) is 24.8 Å². The van der Waals surface area contributed by atoms with Gasteiger partial charge in [0.25, 0.3) is 0 Å². The molecule has 3 aromatic rings. The van der Waals surface area contributed by atoms with Crippen LogP contribution >= 0.6 is 19.4 Å². The second-order valence-electron chi connectivity index (χ2n) is 16.6. The second kappa shape index (κ2) is 20.3. The summed E-state index contributed by atoms with van der Waals surface area (Å²) in [6.07, 6.45) is 2.52. The molecule has 3 heterocycles. The van der Waals surface area contributed by atoms with Crippen LogP contribution in [0.2, 0.25) is 0 Å². The number of ether oxygens (including phenoxy) is 1. The summed E-state index contributed by atoms with van der Waals surface area (Å²) in [7, 11) is 18.9. The molecule has 6 nitrogen and oxygen atoms in total. The maximum Gasteiger partial charge on any atom is -1.00 e. The average Bonchev–Trinajstić information content (AvgIpc) is 3.45. The molecule has 0 aromatic heterocycles. The van der Waals surface area contributed by atoms with Crippen molar-refractivity contribution in [3.8, 4) is 5.75 Å². The van der Waals surface area contributed by atoms with E-state index >= 15 is 0 Å². The number of hydrogen-bond acceptors (Lipinski definition) is 4. The minimum absolute atomic E-state index is 0. The number of piperidine rings is 1. The summed E-state index contributed by atoms with van der Waals surface area (Å²) in [4.78, 5) is 7.81. The van der Waals surface area contributed by atoms with Gasteiger partial charge in [0.15, 0.2) is 0 Å². The largest absolute Gasteiger partial charge is 1.00 e. The van der Waals surface area contributed by atoms with Gasteiger partial charge in [-0.15, -0.1) is 0 Å². The number of quaternary nitrogens is 2. The Labute approximate surface area is 353 Å². The summed E-state index contributed by atoms with van der Waals surface area (Å²) in [5, 5.41) is 0. The molecule has 11 heteroatoms. The zero-order valence-corrected chi connectivity index (χ0v) is 39.0. The first-order valence-corrected chi connectivity index (χ1v) is 24.6. The zero-order chi connectivity index (χ0) is 37.8. The van der Waals surface area contributed by atoms with Crippen LogP contribution in [0.3, 0.4) is 0 Å². The van der Waals surface area contributed by atoms with Crippen molar-refractivity contribution < 1.29 is 52.0 Å². The number of piperazine rings is 1. The first-order valence-electron chi connectivity index (χ1n) is 19.1. The Hall–Kier alpha value is -1.41. The number of likely N-dealkylation sites (N-methyl/N-ethyl adjacent to an activating group) is 1. The predicted molar refractivity (Wildman–Crippen MR) is 221 cm³/mol. The Bertz CT molecular complexity index is 1670. The molecular weight excluding hydrogens is 845 g/mol. The van der Waals surface area contributed by atoms with Gasteiger partial charge in [-0.1, -0.05) is 35.4 Å². The number of halogens is 4. The SMILES string of the molecule is CC[N+]1(C)CCN(CC2CN(c3c(C)cc(C)cc3C)[CH-]N2c2c(C)cc(C)cc2C)CC1.C[N+]1(C)CCC(Oc2ccccc2[CH]=[Ru]([Cl])[Cl])CC1.[Cl-].[Cl-]. The number of hydrogen-bond donors (Lipinski definition) is 0. The maximum atomic E-state index is 6.15. The molecule has 1 atom stereocenters. The molecule has 0 spiro atoms. The third-order valence-corrected chi connectivity index (χ3v) is 13.4. The molecule has 0 aliphatic carbocycles. The molecule has 1 unspecified atom stereocenters. The van der Waals surface area contributed by atoms with Crippen LogP contribution in [-0.2, 0) is 13.5 Å². The quantitative estimate of drug-likeness (QED) is 0.197. The monoisotopic (exact) mass is 908 g/mol. The number of anilines is 2. The van der Waals surface area contributed by atoms with Crippen molar-refractivity contribution in [3.05, 3.63) is 94.1 Å². The van der Waals surface area contributed by atoms with Crippen molar-refractivity contribution in [2.24, 2.45) is 0 Å². The molecule has 3 fully saturated rings. The average molecular weight is 910 g/mol. The molecular formula is C43H64Cl4N5ORu-. The van der Waals surface area contributed by atoms with Crippen LogP contribution in [0.15, 0.2) is 48.5 Å². The van der Waals surface area contributed by atoms with E-state index in [1.807, 2.05) is 28.9 Å². The number of benzene rings is 3. The molecule has 6 rings (SSSR count). The molecule has 3 aromatic carbocycles. The summed E-state index contributed by atoms with van der Waals surface area (Å²) in [5.41, 5.74) is 12.0. The standard InChI is InChI=1S/C29H44N4.C14H20NO.4ClH.Ru/c1-9-33(8)12-10-30(11-13-33)18-27-19-31(28-23(4)14-21(2)15-24(28)5)20-32(27)29-25(6)16-22(3)17-26(29)7;1-12-6-4-5-7-14(12)16-13-8-10-15(2,3)11-9-13;;;;;/h14-17,20,27H,9-13,18-19H2,1-8H3;1,4-7,13H,8-11H2,2-3H3;4*1H;/q;+1;;;;;+2/p-4. The fraction of sp³-hybridized carbons (Fsp3) is 0.535. The van der Waals surface area contributed by atoms with Crippen LogP contribution < -0.4 is 39.4 Å². The minimum atomic E-state index is -1.81. The fourth-order valence-corrected chi connectivity index (χ4v) is 10.2. The minimum Gasteiger partial charge on any atom is -1.00 e. The van der Waals surface area contributed by atoms with Crippen molar-refractivity contribution in [3.63, 3.8) is 0 Å². The normalized spacial score (nSPS) is 19.9. The van der Waals surface area contributed by atoms with Gasteiger partial charge in [0.05, 0.1) is 26.7 Å². The van der Waals surface area contributed by atoms with Gasteiger partial charge in [-0.3, -0.25) is 4.90 Å². The number of nitrogens with zero attached hydrogens (tertiary/aromatic N) is 5. The van der Waals surface area contributed by atoms with E-state index in [0.717, 1.165) is 41.7 Å². The Morgan fingerprint density at radius 1 is 0.796 bits per heavy atom. The van der Waals surface area contributed by atoms with Crippen molar-refractivity contribution in [1.82, 2.24) is 4.90 Å². The van der Waals surface area contributed by atoms with Gasteiger partial charge in [0.2, 0.25) is 0 Å². The van der Waals surface area contributed by atoms with Gasteiger partial charge in [0.1, 0.15) is 0 Å². The first kappa shape index (κ1) is 47.0. The topological polar surface area (TPSA) is 19.0 Å². The van der Waals surface area contributed by atoms with Crippen LogP contribution in [0.4, 0.5) is 11.4 Å². The van der Waals surface area contributed by atoms with Crippen LogP contribution in [0.5, 0.6) is 5.75 Å². The number of para-hydroxylation sites is 1. The number of aryl methyl sites for hydroxylation is 6. The Morgan fingerprint density at radius 2 is 1.31 bits per heavy atom. The number of likely N-dealkylation sites (tertiary alicyclic amines) is 1. The van der Waals surface area contributed by atoms with Gasteiger partial charge in [-0.25, -0.2) is 0 Å². The second-order valence-corrected chi connectivity index (χ2v) is 22.3. The molecule has 3 aliphatic heterocycles. The van der Waals surface area contributed by atoms with Crippen molar-refractivity contribution in [2.45, 2.75) is 73.5 Å². The smallest absolute Gasteiger partial charge is 1.00 e. The first-order chi connectivity index (χ1) is 24.6. The molecule has 3 saturated heterocycles. The third kappa shape index (κ3) is 12.3. The molecule has 0 N–H and O–H groups in total. The summed E-state index contributed by atoms with van der Waals surface area (Å²) in [5.74, 6) is 0.916. The van der Waals surface area contributed by atoms with Gasteiger partial charge >= 0.3 is 128 Å². The Kier molecular flexibility index (Phi) is 17.7. The molecule has 3 aliphatic rings. The summed E-state index contributed by atoms with van der Waals surface area (Å²) < 4.78 is 10.4. The molecule has 0 saturated carbocycles. The van der Waals surface area contributed by atoms with E-state index in [9.17, 15) is 0 Å². The Balaban J connectivity index is 0.000000320. The van der Waals surface area contributed by atoms with Crippen LogP contribution in [0.1, 0.15) is 58.7 Å². The van der Waals surface area contributed by atoms with Crippen LogP contribution in [0.25, 0.3) is 0 Å². The predicted octanol–water partition coefficient (Wildman–Crippen LogP) is 2.52. The zero-order valence-electron chi connectivity index (χ0n) is 34.2. The fourth-order valence-electron chi connectivity index (χ4n) is 8.43. The van der Waals surface area contributed by atoms with Gasteiger partial charge in [0, 0.05) is 43.6 Å². The summed E-state index contributed by atoms with van der Waals surface area (Å²) in [6.45, 7) is 28.8. The molecule has 0 amide bonds. The number of rotatable bonds is 8. The van der Waals surface area contributed by atoms with E-state index < -0.39 is 13.5 Å². The molecule has 0 bridgehead atoms. The van der Waals surface area contributed by atoms with Gasteiger partial charge in [-0.05, 0) is 70.7 Å². The molecule has 0 radical (unpaired) electrons. The Morgan fingerprint density at radius 3 is 1.83 bits per heavy atom. The van der Waals surface area contributed by atoms with E-state index in [1.165, 1.54) is 95.1 Å². The van der Waals surface area contributed by atoms with Crippen molar-refractivity contribution in [2.75, 3.05) is 89.8 Å². The summed E-state index contributed by atoms with van der Waals surface area (Å²) in [6, 6.07) is 17.8. The van der Waals surface area contributed by atoms with Crippen molar-refractivity contribution >= 4 is 35.4 Å². The van der Waals surface area contributed by atoms with E-state index in [1.54, 1.807) is 0 Å². The van der Waals surface area contributed by atoms with Gasteiger partial charge in [-0.2, -0.15) is 6.67 Å². The van der Waals surface area contributed by atoms with Crippen molar-refractivity contribution in [1.29, 1.82) is 0 Å². The van der Waals surface area contributed by atoms with E-state index in [0.29, 0.717) is 12.1 Å². The van der Waals surface area contributed by atoms with Crippen LogP contribution in [0, 0.1) is 48.2 Å².